The molecule has 0 radical (unpaired) electrons. The number of aryl methyl sites for hydroxylation is 1. The van der Waals surface area contributed by atoms with Gasteiger partial charge in [-0.1, -0.05) is 0 Å². The van der Waals surface area contributed by atoms with Crippen LogP contribution in [0.25, 0.3) is 11.0 Å². The zero-order valence-corrected chi connectivity index (χ0v) is 12.6. The standard InChI is InChI=1S/C17H14O6/c1-10-7-15(18)23-14-8-12(3-4-13(10)14)22-9-11-5-6-21-16(11)17(19)20-2/h3-8H,9H2,1-2H3. The monoisotopic (exact) mass is 314 g/mol. The molecule has 2 aromatic heterocycles. The van der Waals surface area contributed by atoms with Crippen LogP contribution in [-0.2, 0) is 11.3 Å². The molecular formula is C17H14O6. The van der Waals surface area contributed by atoms with Crippen LogP contribution in [0.5, 0.6) is 5.75 Å². The maximum absolute atomic E-state index is 11.5. The Bertz CT molecular complexity index is 918. The van der Waals surface area contributed by atoms with Crippen LogP contribution < -0.4 is 10.4 Å². The third kappa shape index (κ3) is 2.96. The Morgan fingerprint density at radius 1 is 1.22 bits per heavy atom. The molecule has 0 fully saturated rings. The first-order valence-corrected chi connectivity index (χ1v) is 6.90. The van der Waals surface area contributed by atoms with Crippen molar-refractivity contribution in [1.82, 2.24) is 0 Å². The lowest BCUT2D eigenvalue weighted by Gasteiger charge is -2.07. The van der Waals surface area contributed by atoms with Crippen molar-refractivity contribution in [2.45, 2.75) is 13.5 Å². The van der Waals surface area contributed by atoms with Crippen LogP contribution in [0.1, 0.15) is 21.7 Å². The van der Waals surface area contributed by atoms with Gasteiger partial charge in [-0.3, -0.25) is 0 Å². The van der Waals surface area contributed by atoms with E-state index in [0.29, 0.717) is 16.9 Å². The number of esters is 1. The Labute approximate surface area is 131 Å². The summed E-state index contributed by atoms with van der Waals surface area (Å²) < 4.78 is 20.5. The maximum Gasteiger partial charge on any atom is 0.374 e. The van der Waals surface area contributed by atoms with E-state index in [1.54, 1.807) is 18.2 Å². The van der Waals surface area contributed by atoms with Crippen LogP contribution in [0.3, 0.4) is 0 Å². The molecule has 0 saturated heterocycles. The normalized spacial score (nSPS) is 10.7. The molecule has 0 saturated carbocycles. The Hall–Kier alpha value is -3.02. The van der Waals surface area contributed by atoms with E-state index in [0.717, 1.165) is 10.9 Å². The van der Waals surface area contributed by atoms with Crippen molar-refractivity contribution < 1.29 is 23.1 Å². The molecular weight excluding hydrogens is 300 g/mol. The van der Waals surface area contributed by atoms with E-state index < -0.39 is 11.6 Å². The highest BCUT2D eigenvalue weighted by Crippen LogP contribution is 2.23. The van der Waals surface area contributed by atoms with Gasteiger partial charge in [-0.05, 0) is 30.7 Å². The predicted octanol–water partition coefficient (Wildman–Crippen LogP) is 3.06. The van der Waals surface area contributed by atoms with Crippen LogP contribution in [-0.4, -0.2) is 13.1 Å². The van der Waals surface area contributed by atoms with Gasteiger partial charge in [0, 0.05) is 23.1 Å². The fourth-order valence-electron chi connectivity index (χ4n) is 2.28. The molecule has 6 nitrogen and oxygen atoms in total. The third-order valence-electron chi connectivity index (χ3n) is 3.43. The van der Waals surface area contributed by atoms with Crippen molar-refractivity contribution in [2.24, 2.45) is 0 Å². The highest BCUT2D eigenvalue weighted by atomic mass is 16.5. The van der Waals surface area contributed by atoms with E-state index in [4.69, 9.17) is 13.6 Å². The summed E-state index contributed by atoms with van der Waals surface area (Å²) in [5.41, 5.74) is 1.45. The van der Waals surface area contributed by atoms with Gasteiger partial charge in [-0.2, -0.15) is 0 Å². The summed E-state index contributed by atoms with van der Waals surface area (Å²) in [5, 5.41) is 0.843. The average molecular weight is 314 g/mol. The molecule has 0 bridgehead atoms. The number of fused-ring (bicyclic) bond motifs is 1. The van der Waals surface area contributed by atoms with E-state index in [-0.39, 0.29) is 12.4 Å². The molecule has 0 N–H and O–H groups in total. The lowest BCUT2D eigenvalue weighted by atomic mass is 10.1. The second-order valence-corrected chi connectivity index (χ2v) is 4.96. The summed E-state index contributed by atoms with van der Waals surface area (Å²) >= 11 is 0. The molecule has 2 heterocycles. The van der Waals surface area contributed by atoms with Crippen molar-refractivity contribution in [1.29, 1.82) is 0 Å². The number of hydrogen-bond acceptors (Lipinski definition) is 6. The van der Waals surface area contributed by atoms with Crippen LogP contribution in [0.4, 0.5) is 0 Å². The Balaban J connectivity index is 1.84. The van der Waals surface area contributed by atoms with Gasteiger partial charge in [0.15, 0.2) is 0 Å². The summed E-state index contributed by atoms with van der Waals surface area (Å²) in [6, 6.07) is 8.31. The molecule has 3 aromatic rings. The van der Waals surface area contributed by atoms with Crippen LogP contribution in [0.2, 0.25) is 0 Å². The minimum atomic E-state index is -0.561. The number of hydrogen-bond donors (Lipinski definition) is 0. The lowest BCUT2D eigenvalue weighted by molar-refractivity contribution is 0.0561. The van der Waals surface area contributed by atoms with Gasteiger partial charge in [-0.25, -0.2) is 9.59 Å². The van der Waals surface area contributed by atoms with Crippen LogP contribution in [0, 0.1) is 6.92 Å². The fraction of sp³-hybridized carbons (Fsp3) is 0.176. The van der Waals surface area contributed by atoms with Crippen LogP contribution in [0.15, 0.2) is 50.2 Å². The summed E-state index contributed by atoms with van der Waals surface area (Å²) in [7, 11) is 1.28. The fourth-order valence-corrected chi connectivity index (χ4v) is 2.28. The maximum atomic E-state index is 11.5. The Kier molecular flexibility index (Phi) is 3.89. The van der Waals surface area contributed by atoms with Gasteiger partial charge in [0.1, 0.15) is 17.9 Å². The third-order valence-corrected chi connectivity index (χ3v) is 3.43. The summed E-state index contributed by atoms with van der Waals surface area (Å²) in [6.07, 6.45) is 1.40. The minimum absolute atomic E-state index is 0.107. The minimum Gasteiger partial charge on any atom is -0.489 e. The first-order chi connectivity index (χ1) is 11.1. The van der Waals surface area contributed by atoms with Gasteiger partial charge >= 0.3 is 11.6 Å². The molecule has 118 valence electrons. The van der Waals surface area contributed by atoms with Gasteiger partial charge in [0.25, 0.3) is 0 Å². The summed E-state index contributed by atoms with van der Waals surface area (Å²) in [6.45, 7) is 1.97. The molecule has 0 spiro atoms. The van der Waals surface area contributed by atoms with E-state index >= 15 is 0 Å². The molecule has 0 aliphatic heterocycles. The van der Waals surface area contributed by atoms with Gasteiger partial charge in [0.05, 0.1) is 13.4 Å². The summed E-state index contributed by atoms with van der Waals surface area (Å²) in [5.74, 6) is 0.0627. The van der Waals surface area contributed by atoms with Crippen LogP contribution >= 0.6 is 0 Å². The molecule has 0 amide bonds. The number of methoxy groups -OCH3 is 1. The topological polar surface area (TPSA) is 78.9 Å². The largest absolute Gasteiger partial charge is 0.489 e. The van der Waals surface area contributed by atoms with Crippen molar-refractivity contribution in [3.63, 3.8) is 0 Å². The van der Waals surface area contributed by atoms with E-state index in [1.165, 1.54) is 19.4 Å². The Morgan fingerprint density at radius 3 is 2.83 bits per heavy atom. The SMILES string of the molecule is COC(=O)c1occc1COc1ccc2c(C)cc(=O)oc2c1. The Morgan fingerprint density at radius 2 is 2.04 bits per heavy atom. The number of furan rings is 1. The molecule has 1 aromatic carbocycles. The number of carbonyl (C=O) groups is 1. The predicted molar refractivity (Wildman–Crippen MR) is 81.6 cm³/mol. The average Bonchev–Trinajstić information content (AvgIpc) is 3.00. The first kappa shape index (κ1) is 14.9. The lowest BCUT2D eigenvalue weighted by Crippen LogP contribution is -2.05. The van der Waals surface area contributed by atoms with Gasteiger partial charge in [-0.15, -0.1) is 0 Å². The molecule has 6 heteroatoms. The number of ether oxygens (including phenoxy) is 2. The van der Waals surface area contributed by atoms with Gasteiger partial charge < -0.3 is 18.3 Å². The molecule has 0 aliphatic carbocycles. The molecule has 0 unspecified atom stereocenters. The van der Waals surface area contributed by atoms with Crippen molar-refractivity contribution in [3.8, 4) is 5.75 Å². The van der Waals surface area contributed by atoms with Crippen molar-refractivity contribution in [2.75, 3.05) is 7.11 Å². The van der Waals surface area contributed by atoms with Crippen molar-refractivity contribution in [3.05, 3.63) is 63.9 Å². The summed E-state index contributed by atoms with van der Waals surface area (Å²) in [4.78, 5) is 23.0. The molecule has 0 atom stereocenters. The number of benzene rings is 1. The highest BCUT2D eigenvalue weighted by molar-refractivity contribution is 5.87. The number of carbonyl (C=O) groups excluding carboxylic acids is 1. The smallest absolute Gasteiger partial charge is 0.374 e. The molecule has 23 heavy (non-hydrogen) atoms. The quantitative estimate of drug-likeness (QED) is 0.544. The van der Waals surface area contributed by atoms with E-state index in [1.807, 2.05) is 13.0 Å². The molecule has 3 rings (SSSR count). The van der Waals surface area contributed by atoms with E-state index in [9.17, 15) is 9.59 Å². The highest BCUT2D eigenvalue weighted by Gasteiger charge is 2.16. The number of rotatable bonds is 4. The first-order valence-electron chi connectivity index (χ1n) is 6.90. The van der Waals surface area contributed by atoms with E-state index in [2.05, 4.69) is 4.74 Å². The second-order valence-electron chi connectivity index (χ2n) is 4.96. The second kappa shape index (κ2) is 6.00. The van der Waals surface area contributed by atoms with Gasteiger partial charge in [0.2, 0.25) is 5.76 Å². The zero-order valence-electron chi connectivity index (χ0n) is 12.6. The van der Waals surface area contributed by atoms with Crippen molar-refractivity contribution >= 4 is 16.9 Å². The molecule has 0 aliphatic rings. The zero-order chi connectivity index (χ0) is 16.4.